The molecule has 3 aromatic rings. The molecule has 2 aromatic carbocycles. The Morgan fingerprint density at radius 3 is 2.46 bits per heavy atom. The van der Waals surface area contributed by atoms with Crippen LogP contribution in [-0.4, -0.2) is 41.9 Å². The number of amides is 1. The number of nitrogen functional groups attached to an aromatic ring is 1. The van der Waals surface area contributed by atoms with Crippen LogP contribution in [0.5, 0.6) is 0 Å². The fourth-order valence-corrected chi connectivity index (χ4v) is 4.90. The van der Waals surface area contributed by atoms with Crippen molar-refractivity contribution in [3.8, 4) is 22.3 Å². The molecule has 3 N–H and O–H groups in total. The number of rotatable bonds is 9. The quantitative estimate of drug-likeness (QED) is 0.413. The molecular formula is C28H32F2N4O. The second kappa shape index (κ2) is 11.0. The molecule has 0 bridgehead atoms. The molecule has 0 saturated heterocycles. The van der Waals surface area contributed by atoms with Crippen LogP contribution in [0.4, 0.5) is 14.6 Å². The first-order chi connectivity index (χ1) is 16.9. The van der Waals surface area contributed by atoms with Gasteiger partial charge in [-0.25, -0.2) is 13.8 Å². The van der Waals surface area contributed by atoms with Crippen molar-refractivity contribution >= 4 is 11.7 Å². The van der Waals surface area contributed by atoms with Crippen LogP contribution in [0.1, 0.15) is 54.2 Å². The van der Waals surface area contributed by atoms with Crippen molar-refractivity contribution in [2.75, 3.05) is 25.4 Å². The second-order valence-corrected chi connectivity index (χ2v) is 8.97. The molecule has 1 amide bonds. The Labute approximate surface area is 205 Å². The molecule has 5 nitrogen and oxygen atoms in total. The van der Waals surface area contributed by atoms with Crippen LogP contribution in [0.15, 0.2) is 54.7 Å². The predicted octanol–water partition coefficient (Wildman–Crippen LogP) is 5.71. The largest absolute Gasteiger partial charge is 0.383 e. The van der Waals surface area contributed by atoms with E-state index >= 15 is 0 Å². The van der Waals surface area contributed by atoms with Gasteiger partial charge < -0.3 is 11.1 Å². The van der Waals surface area contributed by atoms with E-state index in [0.29, 0.717) is 24.5 Å². The molecule has 2 heterocycles. The molecule has 1 aliphatic rings. The SMILES string of the molecule is CCCN(CC(F)F)C(CC)c1ccc(-c2cnc(N)c(-c3ccc4c(c3)CCNC4=O)c2)cc1. The van der Waals surface area contributed by atoms with Crippen LogP contribution in [-0.2, 0) is 6.42 Å². The van der Waals surface area contributed by atoms with Gasteiger partial charge in [-0.15, -0.1) is 0 Å². The molecule has 4 rings (SSSR count). The lowest BCUT2D eigenvalue weighted by Gasteiger charge is -2.31. The molecule has 184 valence electrons. The highest BCUT2D eigenvalue weighted by Gasteiger charge is 2.22. The lowest BCUT2D eigenvalue weighted by atomic mass is 9.93. The highest BCUT2D eigenvalue weighted by Crippen LogP contribution is 2.33. The first-order valence-corrected chi connectivity index (χ1v) is 12.2. The first kappa shape index (κ1) is 24.8. The van der Waals surface area contributed by atoms with Crippen molar-refractivity contribution in [3.63, 3.8) is 0 Å². The standard InChI is InChI=1S/C28H32F2N4O/c1-3-13-34(17-26(29)30)25(4-2)19-7-5-18(6-8-19)22-15-24(27(31)33-16-22)20-9-10-23-21(14-20)11-12-32-28(23)35/h5-10,14-16,25-26H,3-4,11-13,17H2,1-2H3,(H2,31,33)(H,32,35). The number of carbonyl (C=O) groups is 1. The Kier molecular flexibility index (Phi) is 7.76. The average Bonchev–Trinajstić information content (AvgIpc) is 2.85. The Hall–Kier alpha value is -3.32. The van der Waals surface area contributed by atoms with E-state index in [1.165, 1.54) is 0 Å². The predicted molar refractivity (Wildman–Crippen MR) is 136 cm³/mol. The number of nitrogens with two attached hydrogens (primary N) is 1. The number of hydrogen-bond acceptors (Lipinski definition) is 4. The van der Waals surface area contributed by atoms with Crippen molar-refractivity contribution in [1.82, 2.24) is 15.2 Å². The van der Waals surface area contributed by atoms with Crippen molar-refractivity contribution in [3.05, 3.63) is 71.4 Å². The smallest absolute Gasteiger partial charge is 0.251 e. The highest BCUT2D eigenvalue weighted by atomic mass is 19.3. The van der Waals surface area contributed by atoms with Crippen LogP contribution in [0.3, 0.4) is 0 Å². The monoisotopic (exact) mass is 478 g/mol. The number of hydrogen-bond donors (Lipinski definition) is 2. The van der Waals surface area contributed by atoms with E-state index in [2.05, 4.69) is 10.3 Å². The Morgan fingerprint density at radius 1 is 1.03 bits per heavy atom. The average molecular weight is 479 g/mol. The minimum Gasteiger partial charge on any atom is -0.383 e. The van der Waals surface area contributed by atoms with E-state index in [0.717, 1.165) is 52.6 Å². The zero-order valence-corrected chi connectivity index (χ0v) is 20.2. The molecule has 35 heavy (non-hydrogen) atoms. The van der Waals surface area contributed by atoms with Crippen LogP contribution < -0.4 is 11.1 Å². The molecule has 1 aromatic heterocycles. The van der Waals surface area contributed by atoms with Gasteiger partial charge in [-0.2, -0.15) is 0 Å². The number of fused-ring (bicyclic) bond motifs is 1. The fourth-order valence-electron chi connectivity index (χ4n) is 4.90. The summed E-state index contributed by atoms with van der Waals surface area (Å²) in [6.07, 6.45) is 1.76. The maximum Gasteiger partial charge on any atom is 0.251 e. The summed E-state index contributed by atoms with van der Waals surface area (Å²) >= 11 is 0. The zero-order chi connectivity index (χ0) is 24.9. The van der Waals surface area contributed by atoms with Gasteiger partial charge in [0, 0.05) is 35.5 Å². The van der Waals surface area contributed by atoms with Gasteiger partial charge in [0.15, 0.2) is 0 Å². The number of alkyl halides is 2. The molecule has 1 aliphatic heterocycles. The summed E-state index contributed by atoms with van der Waals surface area (Å²) in [7, 11) is 0. The summed E-state index contributed by atoms with van der Waals surface area (Å²) < 4.78 is 26.3. The fraction of sp³-hybridized carbons (Fsp3) is 0.357. The van der Waals surface area contributed by atoms with Gasteiger partial charge in [0.25, 0.3) is 12.3 Å². The maximum atomic E-state index is 13.2. The highest BCUT2D eigenvalue weighted by molar-refractivity contribution is 5.97. The van der Waals surface area contributed by atoms with Gasteiger partial charge >= 0.3 is 0 Å². The molecule has 0 aliphatic carbocycles. The van der Waals surface area contributed by atoms with Crippen molar-refractivity contribution in [2.45, 2.75) is 45.6 Å². The van der Waals surface area contributed by atoms with E-state index in [1.54, 1.807) is 6.20 Å². The summed E-state index contributed by atoms with van der Waals surface area (Å²) in [5.74, 6) is 0.382. The number of anilines is 1. The van der Waals surface area contributed by atoms with Crippen molar-refractivity contribution in [2.24, 2.45) is 0 Å². The third-order valence-corrected chi connectivity index (χ3v) is 6.60. The second-order valence-electron chi connectivity index (χ2n) is 8.97. The molecule has 0 fully saturated rings. The molecule has 0 spiro atoms. The number of nitrogens with zero attached hydrogens (tertiary/aromatic N) is 2. The van der Waals surface area contributed by atoms with Crippen LogP contribution in [0, 0.1) is 0 Å². The third kappa shape index (κ3) is 5.51. The summed E-state index contributed by atoms with van der Waals surface area (Å²) in [6, 6.07) is 15.8. The van der Waals surface area contributed by atoms with Crippen molar-refractivity contribution in [1.29, 1.82) is 0 Å². The van der Waals surface area contributed by atoms with Gasteiger partial charge in [0.1, 0.15) is 5.82 Å². The minimum atomic E-state index is -2.35. The minimum absolute atomic E-state index is 0.0471. The summed E-state index contributed by atoms with van der Waals surface area (Å²) in [5, 5.41) is 2.86. The van der Waals surface area contributed by atoms with Crippen LogP contribution >= 0.6 is 0 Å². The Morgan fingerprint density at radius 2 is 1.77 bits per heavy atom. The molecule has 1 unspecified atom stereocenters. The summed E-state index contributed by atoms with van der Waals surface area (Å²) in [4.78, 5) is 18.4. The van der Waals surface area contributed by atoms with Crippen molar-refractivity contribution < 1.29 is 13.6 Å². The lowest BCUT2D eigenvalue weighted by molar-refractivity contribution is 0.0637. The summed E-state index contributed by atoms with van der Waals surface area (Å²) in [5.41, 5.74) is 12.6. The number of carbonyl (C=O) groups excluding carboxylic acids is 1. The molecule has 0 radical (unpaired) electrons. The Bertz CT molecular complexity index is 1180. The Balaban J connectivity index is 1.62. The lowest BCUT2D eigenvalue weighted by Crippen LogP contribution is -2.33. The number of nitrogens with one attached hydrogen (secondary N) is 1. The molecule has 1 atom stereocenters. The first-order valence-electron chi connectivity index (χ1n) is 12.2. The zero-order valence-electron chi connectivity index (χ0n) is 20.2. The molecular weight excluding hydrogens is 446 g/mol. The van der Waals surface area contributed by atoms with Gasteiger partial charge in [-0.3, -0.25) is 9.69 Å². The number of benzene rings is 2. The number of halogens is 2. The molecule has 0 saturated carbocycles. The van der Waals surface area contributed by atoms with E-state index < -0.39 is 6.43 Å². The van der Waals surface area contributed by atoms with E-state index in [-0.39, 0.29) is 18.5 Å². The topological polar surface area (TPSA) is 71.2 Å². The van der Waals surface area contributed by atoms with E-state index in [1.807, 2.05) is 67.3 Å². The van der Waals surface area contributed by atoms with Gasteiger partial charge in [0.2, 0.25) is 0 Å². The normalized spacial score (nSPS) is 14.2. The van der Waals surface area contributed by atoms with E-state index in [9.17, 15) is 13.6 Å². The van der Waals surface area contributed by atoms with Gasteiger partial charge in [0.05, 0.1) is 6.54 Å². The third-order valence-electron chi connectivity index (χ3n) is 6.60. The van der Waals surface area contributed by atoms with Gasteiger partial charge in [-0.1, -0.05) is 50.2 Å². The summed E-state index contributed by atoms with van der Waals surface area (Å²) in [6.45, 7) is 5.09. The number of pyridine rings is 1. The van der Waals surface area contributed by atoms with Crippen LogP contribution in [0.2, 0.25) is 0 Å². The molecule has 7 heteroatoms. The van der Waals surface area contributed by atoms with Crippen LogP contribution in [0.25, 0.3) is 22.3 Å². The van der Waals surface area contributed by atoms with E-state index in [4.69, 9.17) is 5.73 Å². The van der Waals surface area contributed by atoms with Gasteiger partial charge in [-0.05, 0) is 60.2 Å². The number of aromatic nitrogens is 1. The maximum absolute atomic E-state index is 13.2.